The first-order chi connectivity index (χ1) is 9.15. The Morgan fingerprint density at radius 1 is 1.00 bits per heavy atom. The summed E-state index contributed by atoms with van der Waals surface area (Å²) in [5, 5.41) is 3.09. The molecule has 0 saturated heterocycles. The lowest BCUT2D eigenvalue weighted by atomic mass is 9.98. The van der Waals surface area contributed by atoms with Crippen molar-refractivity contribution in [1.29, 1.82) is 0 Å². The summed E-state index contributed by atoms with van der Waals surface area (Å²) < 4.78 is 31.6. The molecular weight excluding hydrogens is 248 g/mol. The van der Waals surface area contributed by atoms with E-state index >= 15 is 0 Å². The lowest BCUT2D eigenvalue weighted by Gasteiger charge is -2.20. The van der Waals surface area contributed by atoms with Gasteiger partial charge in [0.1, 0.15) is 17.4 Å². The fraction of sp³-hybridized carbons (Fsp3) is 0.200. The fourth-order valence-corrected chi connectivity index (χ4v) is 2.09. The van der Waals surface area contributed by atoms with Crippen LogP contribution in [0.4, 0.5) is 8.78 Å². The zero-order valence-corrected chi connectivity index (χ0v) is 10.8. The molecule has 0 aliphatic carbocycles. The molecule has 2 aromatic rings. The highest BCUT2D eigenvalue weighted by molar-refractivity contribution is 5.42. The van der Waals surface area contributed by atoms with Crippen LogP contribution in [-0.2, 0) is 0 Å². The average molecular weight is 263 g/mol. The van der Waals surface area contributed by atoms with Crippen LogP contribution in [-0.4, -0.2) is 14.2 Å². The number of benzene rings is 2. The molecule has 0 amide bonds. The number of rotatable bonds is 4. The molecule has 0 aliphatic heterocycles. The van der Waals surface area contributed by atoms with Crippen LogP contribution < -0.4 is 10.1 Å². The van der Waals surface area contributed by atoms with Crippen LogP contribution in [0.2, 0.25) is 0 Å². The first-order valence-corrected chi connectivity index (χ1v) is 5.92. The van der Waals surface area contributed by atoms with Crippen molar-refractivity contribution in [2.24, 2.45) is 0 Å². The molecule has 4 heteroatoms. The quantitative estimate of drug-likeness (QED) is 0.914. The molecule has 2 rings (SSSR count). The van der Waals surface area contributed by atoms with Gasteiger partial charge in [-0.3, -0.25) is 0 Å². The molecule has 0 fully saturated rings. The summed E-state index contributed by atoms with van der Waals surface area (Å²) >= 11 is 0. The molecule has 0 heterocycles. The van der Waals surface area contributed by atoms with Crippen molar-refractivity contribution in [2.75, 3.05) is 14.2 Å². The van der Waals surface area contributed by atoms with Crippen LogP contribution in [0.15, 0.2) is 42.5 Å². The summed E-state index contributed by atoms with van der Waals surface area (Å²) in [5.41, 5.74) is 1.52. The van der Waals surface area contributed by atoms with Gasteiger partial charge in [-0.25, -0.2) is 8.78 Å². The normalized spacial score (nSPS) is 12.2. The van der Waals surface area contributed by atoms with Crippen LogP contribution in [0.3, 0.4) is 0 Å². The summed E-state index contributed by atoms with van der Waals surface area (Å²) in [5.74, 6) is -0.0481. The van der Waals surface area contributed by atoms with E-state index in [1.807, 2.05) is 0 Å². The molecule has 0 saturated carbocycles. The summed E-state index contributed by atoms with van der Waals surface area (Å²) in [6.45, 7) is 0. The maximum atomic E-state index is 13.4. The molecule has 2 aromatic carbocycles. The predicted octanol–water partition coefficient (Wildman–Crippen LogP) is 3.28. The van der Waals surface area contributed by atoms with Gasteiger partial charge >= 0.3 is 0 Å². The molecule has 0 spiro atoms. The van der Waals surface area contributed by atoms with E-state index in [0.717, 1.165) is 5.56 Å². The highest BCUT2D eigenvalue weighted by Gasteiger charge is 2.17. The van der Waals surface area contributed by atoms with Crippen molar-refractivity contribution < 1.29 is 13.5 Å². The Kier molecular flexibility index (Phi) is 4.12. The number of nitrogens with one attached hydrogen (secondary N) is 1. The van der Waals surface area contributed by atoms with Gasteiger partial charge in [-0.2, -0.15) is 0 Å². The largest absolute Gasteiger partial charge is 0.496 e. The van der Waals surface area contributed by atoms with Crippen molar-refractivity contribution in [3.63, 3.8) is 0 Å². The molecule has 2 nitrogen and oxygen atoms in total. The molecular formula is C15H15F2NO. The van der Waals surface area contributed by atoms with Crippen molar-refractivity contribution in [2.45, 2.75) is 6.04 Å². The van der Waals surface area contributed by atoms with Gasteiger partial charge < -0.3 is 10.1 Å². The number of methoxy groups -OCH3 is 1. The number of halogens is 2. The lowest BCUT2D eigenvalue weighted by molar-refractivity contribution is 0.404. The molecule has 1 atom stereocenters. The van der Waals surface area contributed by atoms with Crippen LogP contribution in [0, 0.1) is 11.6 Å². The standard InChI is InChI=1S/C15H15F2NO/c1-18-15(10-3-5-11(16)6-4-10)13-9-12(17)7-8-14(13)19-2/h3-9,15,18H,1-2H3. The first-order valence-electron chi connectivity index (χ1n) is 5.92. The van der Waals surface area contributed by atoms with Gasteiger partial charge in [0, 0.05) is 5.56 Å². The van der Waals surface area contributed by atoms with E-state index < -0.39 is 0 Å². The van der Waals surface area contributed by atoms with E-state index in [9.17, 15) is 8.78 Å². The van der Waals surface area contributed by atoms with E-state index in [1.54, 1.807) is 25.2 Å². The Balaban J connectivity index is 2.47. The topological polar surface area (TPSA) is 21.3 Å². The van der Waals surface area contributed by atoms with Crippen molar-refractivity contribution >= 4 is 0 Å². The average Bonchev–Trinajstić information content (AvgIpc) is 2.42. The summed E-state index contributed by atoms with van der Waals surface area (Å²) in [4.78, 5) is 0. The minimum absolute atomic E-state index is 0.258. The molecule has 1 unspecified atom stereocenters. The van der Waals surface area contributed by atoms with Gasteiger partial charge in [0.25, 0.3) is 0 Å². The van der Waals surface area contributed by atoms with Gasteiger partial charge in [0.15, 0.2) is 0 Å². The second kappa shape index (κ2) is 5.80. The van der Waals surface area contributed by atoms with E-state index in [0.29, 0.717) is 11.3 Å². The Labute approximate surface area is 111 Å². The molecule has 0 aliphatic rings. The molecule has 1 N–H and O–H groups in total. The molecule has 100 valence electrons. The van der Waals surface area contributed by atoms with Gasteiger partial charge in [0.05, 0.1) is 13.2 Å². The van der Waals surface area contributed by atoms with Gasteiger partial charge in [0.2, 0.25) is 0 Å². The highest BCUT2D eigenvalue weighted by atomic mass is 19.1. The Morgan fingerprint density at radius 2 is 1.63 bits per heavy atom. The smallest absolute Gasteiger partial charge is 0.124 e. The second-order valence-corrected chi connectivity index (χ2v) is 4.16. The van der Waals surface area contributed by atoms with E-state index in [2.05, 4.69) is 5.32 Å². The maximum absolute atomic E-state index is 13.4. The molecule has 19 heavy (non-hydrogen) atoms. The van der Waals surface area contributed by atoms with Crippen LogP contribution in [0.25, 0.3) is 0 Å². The van der Waals surface area contributed by atoms with E-state index in [-0.39, 0.29) is 17.7 Å². The lowest BCUT2D eigenvalue weighted by Crippen LogP contribution is -2.18. The van der Waals surface area contributed by atoms with Crippen LogP contribution >= 0.6 is 0 Å². The Morgan fingerprint density at radius 3 is 2.21 bits per heavy atom. The summed E-state index contributed by atoms with van der Waals surface area (Å²) in [6.07, 6.45) is 0. The zero-order chi connectivity index (χ0) is 13.8. The van der Waals surface area contributed by atoms with E-state index in [4.69, 9.17) is 4.74 Å². The summed E-state index contributed by atoms with van der Waals surface area (Å²) in [6, 6.07) is 10.2. The number of hydrogen-bond donors (Lipinski definition) is 1. The minimum atomic E-state index is -0.335. The van der Waals surface area contributed by atoms with E-state index in [1.165, 1.54) is 31.4 Å². The number of ether oxygens (including phenoxy) is 1. The van der Waals surface area contributed by atoms with Gasteiger partial charge in [-0.1, -0.05) is 12.1 Å². The fourth-order valence-electron chi connectivity index (χ4n) is 2.09. The van der Waals surface area contributed by atoms with Gasteiger partial charge in [-0.05, 0) is 42.9 Å². The van der Waals surface area contributed by atoms with Gasteiger partial charge in [-0.15, -0.1) is 0 Å². The van der Waals surface area contributed by atoms with Crippen molar-refractivity contribution in [3.8, 4) is 5.75 Å². The van der Waals surface area contributed by atoms with Crippen molar-refractivity contribution in [3.05, 3.63) is 65.2 Å². The summed E-state index contributed by atoms with van der Waals surface area (Å²) in [7, 11) is 3.30. The molecule has 0 radical (unpaired) electrons. The van der Waals surface area contributed by atoms with Crippen molar-refractivity contribution in [1.82, 2.24) is 5.32 Å². The minimum Gasteiger partial charge on any atom is -0.496 e. The third-order valence-corrected chi connectivity index (χ3v) is 2.99. The SMILES string of the molecule is CNC(c1ccc(F)cc1)c1cc(F)ccc1OC. The third-order valence-electron chi connectivity index (χ3n) is 2.99. The Bertz CT molecular complexity index is 555. The molecule has 0 aromatic heterocycles. The second-order valence-electron chi connectivity index (χ2n) is 4.16. The van der Waals surface area contributed by atoms with Crippen LogP contribution in [0.1, 0.15) is 17.2 Å². The maximum Gasteiger partial charge on any atom is 0.124 e. The Hall–Kier alpha value is -1.94. The monoisotopic (exact) mass is 263 g/mol. The third kappa shape index (κ3) is 2.90. The predicted molar refractivity (Wildman–Crippen MR) is 70.3 cm³/mol. The number of hydrogen-bond acceptors (Lipinski definition) is 2. The van der Waals surface area contributed by atoms with Crippen LogP contribution in [0.5, 0.6) is 5.75 Å². The highest BCUT2D eigenvalue weighted by Crippen LogP contribution is 2.30. The first kappa shape index (κ1) is 13.5. The molecule has 0 bridgehead atoms. The zero-order valence-electron chi connectivity index (χ0n) is 10.8.